The summed E-state index contributed by atoms with van der Waals surface area (Å²) < 4.78 is 4.83. The Morgan fingerprint density at radius 2 is 2.00 bits per heavy atom. The zero-order valence-electron chi connectivity index (χ0n) is 14.8. The van der Waals surface area contributed by atoms with Crippen LogP contribution >= 0.6 is 0 Å². The lowest BCUT2D eigenvalue weighted by Gasteiger charge is -2.13. The Morgan fingerprint density at radius 3 is 2.58 bits per heavy atom. The van der Waals surface area contributed by atoms with E-state index in [9.17, 15) is 24.5 Å². The molecule has 0 aromatic heterocycles. The number of rotatable bonds is 9. The lowest BCUT2D eigenvalue weighted by Crippen LogP contribution is -2.46. The van der Waals surface area contributed by atoms with Gasteiger partial charge in [-0.05, 0) is 25.5 Å². The summed E-state index contributed by atoms with van der Waals surface area (Å²) in [7, 11) is 1.52. The van der Waals surface area contributed by atoms with Crippen molar-refractivity contribution in [3.63, 3.8) is 0 Å². The summed E-state index contributed by atoms with van der Waals surface area (Å²) in [5, 5.41) is 18.7. The normalized spacial score (nSPS) is 11.2. The van der Waals surface area contributed by atoms with E-state index < -0.39 is 29.4 Å². The Kier molecular flexibility index (Phi) is 8.00. The molecule has 1 aromatic carbocycles. The summed E-state index contributed by atoms with van der Waals surface area (Å²) in [5.74, 6) is -1.88. The number of hydrogen-bond donors (Lipinski definition) is 3. The zero-order chi connectivity index (χ0) is 19.7. The molecule has 0 fully saturated rings. The van der Waals surface area contributed by atoms with Crippen LogP contribution in [0.2, 0.25) is 0 Å². The lowest BCUT2D eigenvalue weighted by atomic mass is 10.1. The number of carbonyl (C=O) groups is 3. The van der Waals surface area contributed by atoms with E-state index in [1.54, 1.807) is 0 Å². The fourth-order valence-electron chi connectivity index (χ4n) is 1.99. The van der Waals surface area contributed by atoms with Crippen LogP contribution < -0.4 is 16.0 Å². The Hall–Kier alpha value is -3.17. The van der Waals surface area contributed by atoms with Crippen molar-refractivity contribution in [3.05, 3.63) is 33.9 Å². The molecule has 1 aromatic rings. The van der Waals surface area contributed by atoms with Crippen molar-refractivity contribution in [1.82, 2.24) is 10.6 Å². The molecule has 2 amide bonds. The number of esters is 1. The van der Waals surface area contributed by atoms with Crippen LogP contribution in [-0.4, -0.2) is 48.9 Å². The maximum absolute atomic E-state index is 12.0. The van der Waals surface area contributed by atoms with Crippen molar-refractivity contribution in [3.8, 4) is 0 Å². The van der Waals surface area contributed by atoms with Gasteiger partial charge in [-0.25, -0.2) is 4.79 Å². The third-order valence-electron chi connectivity index (χ3n) is 3.35. The van der Waals surface area contributed by atoms with Gasteiger partial charge >= 0.3 is 5.97 Å². The molecule has 10 nitrogen and oxygen atoms in total. The van der Waals surface area contributed by atoms with Gasteiger partial charge in [0.1, 0.15) is 11.7 Å². The number of carbonyl (C=O) groups excluding carboxylic acids is 3. The topological polar surface area (TPSA) is 140 Å². The van der Waals surface area contributed by atoms with Gasteiger partial charge in [0, 0.05) is 19.7 Å². The maximum atomic E-state index is 12.0. The number of ether oxygens (including phenoxy) is 1. The average Bonchev–Trinajstić information content (AvgIpc) is 2.63. The third-order valence-corrected chi connectivity index (χ3v) is 3.35. The second-order valence-electron chi connectivity index (χ2n) is 5.40. The number of nitrogens with one attached hydrogen (secondary N) is 3. The van der Waals surface area contributed by atoms with Crippen molar-refractivity contribution in [2.75, 3.05) is 25.5 Å². The van der Waals surface area contributed by atoms with Crippen molar-refractivity contribution < 1.29 is 24.0 Å². The third kappa shape index (κ3) is 6.04. The molecule has 0 unspecified atom stereocenters. The highest BCUT2D eigenvalue weighted by atomic mass is 16.6. The molecule has 26 heavy (non-hydrogen) atoms. The highest BCUT2D eigenvalue weighted by Crippen LogP contribution is 2.25. The van der Waals surface area contributed by atoms with Crippen molar-refractivity contribution in [2.24, 2.45) is 0 Å². The van der Waals surface area contributed by atoms with E-state index in [1.807, 2.05) is 6.92 Å². The molecule has 3 N–H and O–H groups in total. The minimum atomic E-state index is -0.881. The smallest absolute Gasteiger partial charge is 0.338 e. The van der Waals surface area contributed by atoms with Gasteiger partial charge in [-0.3, -0.25) is 19.7 Å². The Balaban J connectivity index is 2.61. The molecular formula is C16H22N4O6. The number of benzene rings is 1. The summed E-state index contributed by atoms with van der Waals surface area (Å²) in [4.78, 5) is 45.7. The molecule has 0 saturated heterocycles. The fourth-order valence-corrected chi connectivity index (χ4v) is 1.99. The molecule has 0 saturated carbocycles. The van der Waals surface area contributed by atoms with Crippen LogP contribution in [0.25, 0.3) is 0 Å². The van der Waals surface area contributed by atoms with E-state index in [0.717, 1.165) is 12.5 Å². The molecule has 0 bridgehead atoms. The summed E-state index contributed by atoms with van der Waals surface area (Å²) >= 11 is 0. The molecule has 0 spiro atoms. The first-order chi connectivity index (χ1) is 12.3. The second kappa shape index (κ2) is 9.97. The molecule has 0 heterocycles. The Labute approximate surface area is 150 Å². The summed E-state index contributed by atoms with van der Waals surface area (Å²) in [6.45, 7) is 3.29. The van der Waals surface area contributed by atoms with Gasteiger partial charge in [0.15, 0.2) is 6.61 Å². The molecule has 1 atom stereocenters. The molecule has 10 heteroatoms. The predicted octanol–water partition coefficient (Wildman–Crippen LogP) is 0.824. The number of nitrogens with zero attached hydrogens (tertiary/aromatic N) is 1. The van der Waals surface area contributed by atoms with Gasteiger partial charge in [-0.1, -0.05) is 6.92 Å². The van der Waals surface area contributed by atoms with Crippen LogP contribution in [0.15, 0.2) is 18.2 Å². The summed E-state index contributed by atoms with van der Waals surface area (Å²) in [6.07, 6.45) is 0.766. The van der Waals surface area contributed by atoms with Crippen LogP contribution in [0.3, 0.4) is 0 Å². The lowest BCUT2D eigenvalue weighted by molar-refractivity contribution is -0.384. The largest absolute Gasteiger partial charge is 0.452 e. The van der Waals surface area contributed by atoms with E-state index in [2.05, 4.69) is 16.0 Å². The summed E-state index contributed by atoms with van der Waals surface area (Å²) in [6, 6.07) is 3.01. The van der Waals surface area contributed by atoms with Gasteiger partial charge < -0.3 is 20.7 Å². The minimum Gasteiger partial charge on any atom is -0.452 e. The monoisotopic (exact) mass is 366 g/mol. The first-order valence-electron chi connectivity index (χ1n) is 8.00. The number of amides is 2. The maximum Gasteiger partial charge on any atom is 0.338 e. The second-order valence-corrected chi connectivity index (χ2v) is 5.40. The molecule has 1 rings (SSSR count). The zero-order valence-corrected chi connectivity index (χ0v) is 14.8. The molecule has 142 valence electrons. The van der Waals surface area contributed by atoms with E-state index in [4.69, 9.17) is 4.74 Å². The van der Waals surface area contributed by atoms with Gasteiger partial charge in [0.2, 0.25) is 5.91 Å². The highest BCUT2D eigenvalue weighted by Gasteiger charge is 2.19. The molecule has 0 aliphatic carbocycles. The molecule has 0 radical (unpaired) electrons. The van der Waals surface area contributed by atoms with Gasteiger partial charge in [-0.2, -0.15) is 0 Å². The van der Waals surface area contributed by atoms with Crippen molar-refractivity contribution >= 4 is 29.2 Å². The minimum absolute atomic E-state index is 0.0581. The van der Waals surface area contributed by atoms with Crippen LogP contribution in [-0.2, 0) is 14.3 Å². The molecule has 0 aliphatic rings. The van der Waals surface area contributed by atoms with Gasteiger partial charge in [-0.15, -0.1) is 0 Å². The van der Waals surface area contributed by atoms with E-state index in [0.29, 0.717) is 6.54 Å². The van der Waals surface area contributed by atoms with Crippen LogP contribution in [0, 0.1) is 10.1 Å². The quantitative estimate of drug-likeness (QED) is 0.334. The van der Waals surface area contributed by atoms with Crippen LogP contribution in [0.1, 0.15) is 30.6 Å². The first kappa shape index (κ1) is 20.9. The average molecular weight is 366 g/mol. The standard InChI is InChI=1S/C16H22N4O6/c1-4-7-18-15(22)10(2)19-14(21)9-26-16(23)11-5-6-12(17-3)13(8-11)20(24)25/h5-6,8,10,17H,4,7,9H2,1-3H3,(H,18,22)(H,19,21)/t10-/m1/s1. The number of hydrogen-bond acceptors (Lipinski definition) is 7. The summed E-state index contributed by atoms with van der Waals surface area (Å²) in [5.41, 5.74) is -0.0962. The van der Waals surface area contributed by atoms with Crippen molar-refractivity contribution in [2.45, 2.75) is 26.3 Å². The molecular weight excluding hydrogens is 344 g/mol. The number of nitro groups is 1. The Morgan fingerprint density at radius 1 is 1.31 bits per heavy atom. The van der Waals surface area contributed by atoms with Crippen LogP contribution in [0.5, 0.6) is 0 Å². The van der Waals surface area contributed by atoms with Gasteiger partial charge in [0.25, 0.3) is 11.6 Å². The fraction of sp³-hybridized carbons (Fsp3) is 0.438. The SMILES string of the molecule is CCCNC(=O)[C@@H](C)NC(=O)COC(=O)c1ccc(NC)c([N+](=O)[O-])c1. The van der Waals surface area contributed by atoms with Crippen molar-refractivity contribution in [1.29, 1.82) is 0 Å². The number of nitro benzene ring substituents is 1. The number of anilines is 1. The van der Waals surface area contributed by atoms with E-state index >= 15 is 0 Å². The highest BCUT2D eigenvalue weighted by molar-refractivity contribution is 5.93. The predicted molar refractivity (Wildman–Crippen MR) is 93.8 cm³/mol. The van der Waals surface area contributed by atoms with E-state index in [1.165, 1.54) is 26.1 Å². The van der Waals surface area contributed by atoms with Gasteiger partial charge in [0.05, 0.1) is 10.5 Å². The van der Waals surface area contributed by atoms with E-state index in [-0.39, 0.29) is 22.8 Å². The Bertz CT molecular complexity index is 691. The molecule has 0 aliphatic heterocycles. The van der Waals surface area contributed by atoms with Crippen LogP contribution in [0.4, 0.5) is 11.4 Å². The first-order valence-corrected chi connectivity index (χ1v) is 8.00.